The SMILES string of the molecule is O=C1CCC(OS(=O)(=O)O)=[N+]1. The summed E-state index contributed by atoms with van der Waals surface area (Å²) in [7, 11) is -4.51. The van der Waals surface area contributed by atoms with Gasteiger partial charge in [0.25, 0.3) is 0 Å². The summed E-state index contributed by atoms with van der Waals surface area (Å²) in [6.07, 6.45) is 0.253. The van der Waals surface area contributed by atoms with E-state index < -0.39 is 16.3 Å². The molecule has 0 aliphatic carbocycles. The summed E-state index contributed by atoms with van der Waals surface area (Å²) < 4.78 is 32.1. The maximum Gasteiger partial charge on any atom is 0.456 e. The quantitative estimate of drug-likeness (QED) is 0.513. The minimum atomic E-state index is -4.51. The van der Waals surface area contributed by atoms with Crippen molar-refractivity contribution in [2.75, 3.05) is 0 Å². The highest BCUT2D eigenvalue weighted by Crippen LogP contribution is 2.02. The van der Waals surface area contributed by atoms with Gasteiger partial charge in [0.15, 0.2) is 0 Å². The standard InChI is InChI=1S/C4H5NO5S/c6-3-1-2-4(5-3)10-11(7,8)9/h1-2H2,(H,7,8,9)/q+1. The number of amides is 1. The van der Waals surface area contributed by atoms with Crippen LogP contribution in [0.3, 0.4) is 0 Å². The van der Waals surface area contributed by atoms with Crippen LogP contribution in [0.25, 0.3) is 0 Å². The van der Waals surface area contributed by atoms with E-state index in [1.807, 2.05) is 0 Å². The molecule has 0 fully saturated rings. The number of nitrogens with zero attached hydrogens (tertiary/aromatic N) is 1. The Morgan fingerprint density at radius 1 is 1.45 bits per heavy atom. The molecule has 11 heavy (non-hydrogen) atoms. The number of rotatable bonds is 1. The molecule has 0 unspecified atom stereocenters. The molecule has 1 rings (SSSR count). The first-order chi connectivity index (χ1) is 4.97. The van der Waals surface area contributed by atoms with Crippen molar-refractivity contribution in [2.45, 2.75) is 12.8 Å². The molecular formula is C4H5NO5S+. The average Bonchev–Trinajstić information content (AvgIpc) is 2.10. The molecule has 0 saturated carbocycles. The van der Waals surface area contributed by atoms with Crippen molar-refractivity contribution >= 4 is 22.2 Å². The predicted octanol–water partition coefficient (Wildman–Crippen LogP) is -1.14. The summed E-state index contributed by atoms with van der Waals surface area (Å²) in [6.45, 7) is 0. The summed E-state index contributed by atoms with van der Waals surface area (Å²) in [4.78, 5) is 13.6. The Labute approximate surface area is 62.8 Å². The van der Waals surface area contributed by atoms with Crippen LogP contribution in [-0.4, -0.2) is 24.8 Å². The zero-order valence-corrected chi connectivity index (χ0v) is 6.17. The van der Waals surface area contributed by atoms with Gasteiger partial charge in [-0.15, -0.1) is 0 Å². The van der Waals surface area contributed by atoms with Crippen LogP contribution in [0, 0.1) is 0 Å². The van der Waals surface area contributed by atoms with Gasteiger partial charge < -0.3 is 0 Å². The number of carbonyl (C=O) groups is 1. The van der Waals surface area contributed by atoms with Crippen LogP contribution < -0.4 is 4.99 Å². The first kappa shape index (κ1) is 8.15. The molecule has 0 saturated heterocycles. The van der Waals surface area contributed by atoms with E-state index in [2.05, 4.69) is 9.18 Å². The van der Waals surface area contributed by atoms with E-state index in [-0.39, 0.29) is 18.7 Å². The fourth-order valence-corrected chi connectivity index (χ4v) is 1.01. The molecule has 1 aliphatic heterocycles. The van der Waals surface area contributed by atoms with Crippen molar-refractivity contribution in [3.05, 3.63) is 0 Å². The molecule has 1 N–H and O–H groups in total. The lowest BCUT2D eigenvalue weighted by Crippen LogP contribution is -2.13. The van der Waals surface area contributed by atoms with Crippen molar-refractivity contribution in [3.63, 3.8) is 0 Å². The van der Waals surface area contributed by atoms with Crippen LogP contribution >= 0.6 is 0 Å². The van der Waals surface area contributed by atoms with Crippen LogP contribution in [0.15, 0.2) is 0 Å². The normalized spacial score (nSPS) is 18.3. The average molecular weight is 179 g/mol. The predicted molar refractivity (Wildman–Crippen MR) is 34.0 cm³/mol. The third-order valence-corrected chi connectivity index (χ3v) is 1.41. The zero-order chi connectivity index (χ0) is 8.48. The Balaban J connectivity index is 2.66. The van der Waals surface area contributed by atoms with Gasteiger partial charge in [0.1, 0.15) is 4.99 Å². The molecule has 7 heteroatoms. The van der Waals surface area contributed by atoms with E-state index in [9.17, 15) is 13.2 Å². The van der Waals surface area contributed by atoms with Crippen molar-refractivity contribution in [2.24, 2.45) is 0 Å². The third kappa shape index (κ3) is 2.64. The Kier molecular flexibility index (Phi) is 1.92. The molecule has 0 aromatic rings. The van der Waals surface area contributed by atoms with Crippen molar-refractivity contribution in [1.82, 2.24) is 4.99 Å². The van der Waals surface area contributed by atoms with Gasteiger partial charge in [0.2, 0.25) is 0 Å². The number of hydrogen-bond donors (Lipinski definition) is 1. The molecule has 1 heterocycles. The fraction of sp³-hybridized carbons (Fsp3) is 0.500. The molecule has 1 amide bonds. The van der Waals surface area contributed by atoms with Crippen molar-refractivity contribution < 1.29 is 21.9 Å². The minimum Gasteiger partial charge on any atom is -0.300 e. The van der Waals surface area contributed by atoms with Crippen molar-refractivity contribution in [3.8, 4) is 0 Å². The van der Waals surface area contributed by atoms with Crippen LogP contribution in [0.5, 0.6) is 0 Å². The van der Waals surface area contributed by atoms with Crippen molar-refractivity contribution in [1.29, 1.82) is 0 Å². The van der Waals surface area contributed by atoms with Crippen LogP contribution in [0.1, 0.15) is 12.8 Å². The largest absolute Gasteiger partial charge is 0.456 e. The lowest BCUT2D eigenvalue weighted by molar-refractivity contribution is -0.118. The maximum atomic E-state index is 10.4. The smallest absolute Gasteiger partial charge is 0.300 e. The second-order valence-electron chi connectivity index (χ2n) is 1.91. The monoisotopic (exact) mass is 179 g/mol. The lowest BCUT2D eigenvalue weighted by Gasteiger charge is -1.89. The topological polar surface area (TPSA) is 94.8 Å². The highest BCUT2D eigenvalue weighted by Gasteiger charge is 2.33. The zero-order valence-electron chi connectivity index (χ0n) is 5.35. The first-order valence-electron chi connectivity index (χ1n) is 2.75. The van der Waals surface area contributed by atoms with Gasteiger partial charge in [-0.25, -0.2) is 4.79 Å². The molecule has 1 radical (unpaired) electrons. The summed E-state index contributed by atoms with van der Waals surface area (Å²) in [5.41, 5.74) is 0. The molecular weight excluding hydrogens is 174 g/mol. The summed E-state index contributed by atoms with van der Waals surface area (Å²) in [5, 5.41) is 0. The number of aliphatic imine (C=N–C) groups is 1. The van der Waals surface area contributed by atoms with Gasteiger partial charge in [-0.3, -0.25) is 8.74 Å². The van der Waals surface area contributed by atoms with E-state index in [0.29, 0.717) is 0 Å². The van der Waals surface area contributed by atoms with Crippen LogP contribution in [-0.2, 0) is 19.4 Å². The van der Waals surface area contributed by atoms with Gasteiger partial charge in [0, 0.05) is 0 Å². The maximum absolute atomic E-state index is 10.4. The molecule has 0 aromatic heterocycles. The molecule has 61 valence electrons. The van der Waals surface area contributed by atoms with E-state index in [1.165, 1.54) is 0 Å². The first-order valence-corrected chi connectivity index (χ1v) is 4.11. The van der Waals surface area contributed by atoms with Gasteiger partial charge in [-0.05, 0) is 0 Å². The van der Waals surface area contributed by atoms with Gasteiger partial charge in [-0.2, -0.15) is 8.42 Å². The van der Waals surface area contributed by atoms with E-state index in [4.69, 9.17) is 4.55 Å². The molecule has 0 bridgehead atoms. The van der Waals surface area contributed by atoms with Crippen LogP contribution in [0.2, 0.25) is 0 Å². The molecule has 6 nitrogen and oxygen atoms in total. The van der Waals surface area contributed by atoms with Crippen LogP contribution in [0.4, 0.5) is 0 Å². The molecule has 1 aliphatic rings. The Bertz CT molecular complexity index is 302. The highest BCUT2D eigenvalue weighted by atomic mass is 32.3. The Hall–Kier alpha value is -0.950. The lowest BCUT2D eigenvalue weighted by atomic mass is 10.4. The van der Waals surface area contributed by atoms with Gasteiger partial charge in [-0.1, -0.05) is 0 Å². The minimum absolute atomic E-state index is 0.124. The number of carbonyl (C=O) groups excluding carboxylic acids is 1. The Morgan fingerprint density at radius 3 is 2.45 bits per heavy atom. The second-order valence-corrected chi connectivity index (χ2v) is 2.93. The highest BCUT2D eigenvalue weighted by molar-refractivity contribution is 7.81. The third-order valence-electron chi connectivity index (χ3n) is 1.00. The van der Waals surface area contributed by atoms with E-state index in [1.54, 1.807) is 0 Å². The summed E-state index contributed by atoms with van der Waals surface area (Å²) in [5.74, 6) is -0.693. The van der Waals surface area contributed by atoms with Gasteiger partial charge in [0.05, 0.1) is 12.8 Å². The van der Waals surface area contributed by atoms with E-state index >= 15 is 0 Å². The Morgan fingerprint density at radius 2 is 2.09 bits per heavy atom. The van der Waals surface area contributed by atoms with E-state index in [0.717, 1.165) is 0 Å². The summed E-state index contributed by atoms with van der Waals surface area (Å²) >= 11 is 0. The molecule has 0 aromatic carbocycles. The number of hydrogen-bond acceptors (Lipinski definition) is 4. The van der Waals surface area contributed by atoms with Gasteiger partial charge >= 0.3 is 22.2 Å². The molecule has 0 atom stereocenters. The fourth-order valence-electron chi connectivity index (χ4n) is 0.647. The summed E-state index contributed by atoms with van der Waals surface area (Å²) in [6, 6.07) is 0. The molecule has 0 spiro atoms. The second kappa shape index (κ2) is 2.59.